The second-order valence-corrected chi connectivity index (χ2v) is 8.69. The largest absolute Gasteiger partial charge is 0.493 e. The van der Waals surface area contributed by atoms with Gasteiger partial charge in [-0.1, -0.05) is 29.3 Å². The second-order valence-electron chi connectivity index (χ2n) is 7.78. The summed E-state index contributed by atoms with van der Waals surface area (Å²) in [5.74, 6) is 1.54. The topological polar surface area (TPSA) is 122 Å². The lowest BCUT2D eigenvalue weighted by molar-refractivity contribution is -0.385. The average Bonchev–Trinajstić information content (AvgIpc) is 2.88. The zero-order chi connectivity index (χ0) is 25.7. The van der Waals surface area contributed by atoms with Crippen LogP contribution in [0.3, 0.4) is 0 Å². The lowest BCUT2D eigenvalue weighted by Gasteiger charge is -2.11. The number of aryl methyl sites for hydroxylation is 1. The molecule has 36 heavy (non-hydrogen) atoms. The van der Waals surface area contributed by atoms with E-state index in [4.69, 9.17) is 9.47 Å². The average molecular weight is 552 g/mol. The normalized spacial score (nSPS) is 11.2. The number of benzene rings is 2. The molecule has 0 N–H and O–H groups in total. The van der Waals surface area contributed by atoms with E-state index in [9.17, 15) is 14.9 Å². The quantitative estimate of drug-likeness (QED) is 0.153. The Kier molecular flexibility index (Phi) is 7.69. The van der Waals surface area contributed by atoms with Crippen LogP contribution in [0.25, 0.3) is 10.9 Å². The number of methoxy groups -OCH3 is 1. The second kappa shape index (κ2) is 11.1. The monoisotopic (exact) mass is 551 g/mol. The van der Waals surface area contributed by atoms with Crippen molar-refractivity contribution >= 4 is 38.7 Å². The number of hydrogen-bond acceptors (Lipinski definition) is 8. The van der Waals surface area contributed by atoms with E-state index in [2.05, 4.69) is 37.9 Å². The molecular weight excluding hydrogens is 530 g/mol. The fraction of sp³-hybridized carbons (Fsp3) is 0.200. The fourth-order valence-corrected chi connectivity index (χ4v) is 3.80. The van der Waals surface area contributed by atoms with Crippen LogP contribution in [0.15, 0.2) is 69.1 Å². The van der Waals surface area contributed by atoms with E-state index in [1.165, 1.54) is 23.9 Å². The van der Waals surface area contributed by atoms with Gasteiger partial charge in [0.15, 0.2) is 11.5 Å². The number of ether oxygens (including phenoxy) is 2. The minimum Gasteiger partial charge on any atom is -0.493 e. The van der Waals surface area contributed by atoms with E-state index in [1.807, 2.05) is 12.1 Å². The van der Waals surface area contributed by atoms with Gasteiger partial charge >= 0.3 is 0 Å². The molecule has 0 aliphatic heterocycles. The maximum atomic E-state index is 13.2. The summed E-state index contributed by atoms with van der Waals surface area (Å²) >= 11 is 3.41. The first-order chi connectivity index (χ1) is 17.4. The Bertz CT molecular complexity index is 1500. The van der Waals surface area contributed by atoms with Crippen LogP contribution >= 0.6 is 15.9 Å². The van der Waals surface area contributed by atoms with E-state index < -0.39 is 4.92 Å². The van der Waals surface area contributed by atoms with Crippen molar-refractivity contribution in [3.63, 3.8) is 0 Å². The van der Waals surface area contributed by atoms with E-state index in [0.29, 0.717) is 40.2 Å². The number of fused-ring (bicyclic) bond motifs is 1. The van der Waals surface area contributed by atoms with Crippen molar-refractivity contribution in [1.29, 1.82) is 0 Å². The van der Waals surface area contributed by atoms with Crippen LogP contribution < -0.4 is 15.0 Å². The van der Waals surface area contributed by atoms with Crippen LogP contribution in [0.4, 0.5) is 5.69 Å². The lowest BCUT2D eigenvalue weighted by Crippen LogP contribution is -2.22. The van der Waals surface area contributed by atoms with Gasteiger partial charge in [0.05, 0.1) is 29.2 Å². The molecule has 0 atom stereocenters. The third-order valence-electron chi connectivity index (χ3n) is 5.29. The molecule has 0 amide bonds. The van der Waals surface area contributed by atoms with Crippen LogP contribution in [0, 0.1) is 10.1 Å². The van der Waals surface area contributed by atoms with Crippen molar-refractivity contribution in [2.45, 2.75) is 26.2 Å². The zero-order valence-corrected chi connectivity index (χ0v) is 21.1. The maximum Gasteiger partial charge on any atom is 0.287 e. The molecule has 0 bridgehead atoms. The van der Waals surface area contributed by atoms with Crippen molar-refractivity contribution in [3.05, 3.63) is 91.1 Å². The molecule has 0 fully saturated rings. The maximum absolute atomic E-state index is 13.2. The van der Waals surface area contributed by atoms with Crippen molar-refractivity contribution in [2.24, 2.45) is 5.10 Å². The minimum absolute atomic E-state index is 0.134. The zero-order valence-electron chi connectivity index (χ0n) is 19.6. The van der Waals surface area contributed by atoms with Gasteiger partial charge in [-0.05, 0) is 48.4 Å². The van der Waals surface area contributed by atoms with Crippen LogP contribution in [-0.2, 0) is 6.42 Å². The molecular formula is C25H22BrN5O5. The molecule has 0 spiro atoms. The number of unbranched alkanes of at least 4 members (excludes halogenated alkanes) is 1. The third kappa shape index (κ3) is 5.57. The fourth-order valence-electron chi connectivity index (χ4n) is 3.44. The molecule has 10 nitrogen and oxygen atoms in total. The van der Waals surface area contributed by atoms with Gasteiger partial charge in [0, 0.05) is 23.0 Å². The van der Waals surface area contributed by atoms with Gasteiger partial charge < -0.3 is 9.47 Å². The van der Waals surface area contributed by atoms with Gasteiger partial charge in [0.1, 0.15) is 12.0 Å². The molecule has 0 saturated heterocycles. The molecule has 4 aromatic rings. The van der Waals surface area contributed by atoms with Gasteiger partial charge in [-0.15, -0.1) is 0 Å². The number of nitrogens with zero attached hydrogens (tertiary/aromatic N) is 5. The predicted molar refractivity (Wildman–Crippen MR) is 139 cm³/mol. The Hall–Kier alpha value is -4.12. The van der Waals surface area contributed by atoms with Crippen molar-refractivity contribution in [1.82, 2.24) is 14.6 Å². The van der Waals surface area contributed by atoms with Crippen LogP contribution in [-0.4, -0.2) is 32.9 Å². The van der Waals surface area contributed by atoms with Gasteiger partial charge in [-0.3, -0.25) is 14.9 Å². The summed E-state index contributed by atoms with van der Waals surface area (Å²) in [7, 11) is 1.49. The van der Waals surface area contributed by atoms with Crippen molar-refractivity contribution < 1.29 is 14.4 Å². The summed E-state index contributed by atoms with van der Waals surface area (Å²) < 4.78 is 13.3. The summed E-state index contributed by atoms with van der Waals surface area (Å²) in [6, 6.07) is 13.2. The van der Waals surface area contributed by atoms with Gasteiger partial charge in [0.25, 0.3) is 11.2 Å². The van der Waals surface area contributed by atoms with Crippen molar-refractivity contribution in [3.8, 4) is 17.4 Å². The molecule has 2 aromatic heterocycles. The van der Waals surface area contributed by atoms with Crippen LogP contribution in [0.2, 0.25) is 0 Å². The van der Waals surface area contributed by atoms with E-state index in [1.54, 1.807) is 30.5 Å². The Morgan fingerprint density at radius 1 is 1.17 bits per heavy atom. The third-order valence-corrected chi connectivity index (χ3v) is 5.78. The van der Waals surface area contributed by atoms with Crippen LogP contribution in [0.1, 0.15) is 31.2 Å². The molecule has 11 heteroatoms. The summed E-state index contributed by atoms with van der Waals surface area (Å²) in [6.07, 6.45) is 5.12. The molecule has 2 aromatic carbocycles. The Morgan fingerprint density at radius 3 is 2.69 bits per heavy atom. The summed E-state index contributed by atoms with van der Waals surface area (Å²) in [5, 5.41) is 15.7. The van der Waals surface area contributed by atoms with Gasteiger partial charge in [-0.2, -0.15) is 9.78 Å². The Morgan fingerprint density at radius 2 is 2.00 bits per heavy atom. The van der Waals surface area contributed by atoms with E-state index in [-0.39, 0.29) is 17.1 Å². The standard InChI is InChI=1S/C25H22BrN5O5/c1-3-4-5-23-29-20-9-7-17(26)13-19(20)25(32)30(23)28-14-16-6-10-21(22(12-16)35-2)36-24-11-8-18(15-27-24)31(33)34/h6-15H,3-5H2,1-2H3. The molecule has 0 unspecified atom stereocenters. The number of pyridine rings is 1. The lowest BCUT2D eigenvalue weighted by atomic mass is 10.2. The van der Waals surface area contributed by atoms with Crippen LogP contribution in [0.5, 0.6) is 17.4 Å². The molecule has 184 valence electrons. The van der Waals surface area contributed by atoms with Gasteiger partial charge in [0.2, 0.25) is 5.88 Å². The first kappa shape index (κ1) is 25.0. The highest BCUT2D eigenvalue weighted by Crippen LogP contribution is 2.31. The summed E-state index contributed by atoms with van der Waals surface area (Å²) in [5.41, 5.74) is 0.909. The highest BCUT2D eigenvalue weighted by Gasteiger charge is 2.12. The first-order valence-corrected chi connectivity index (χ1v) is 11.9. The number of nitro groups is 1. The Labute approximate surface area is 214 Å². The van der Waals surface area contributed by atoms with Gasteiger partial charge in [-0.25, -0.2) is 9.97 Å². The highest BCUT2D eigenvalue weighted by atomic mass is 79.9. The predicted octanol–water partition coefficient (Wildman–Crippen LogP) is 5.49. The molecule has 0 aliphatic carbocycles. The highest BCUT2D eigenvalue weighted by molar-refractivity contribution is 9.10. The molecule has 0 aliphatic rings. The van der Waals surface area contributed by atoms with Crippen molar-refractivity contribution in [2.75, 3.05) is 7.11 Å². The van der Waals surface area contributed by atoms with E-state index in [0.717, 1.165) is 23.5 Å². The Balaban J connectivity index is 1.65. The first-order valence-electron chi connectivity index (χ1n) is 11.1. The molecule has 4 rings (SSSR count). The van der Waals surface area contributed by atoms with E-state index >= 15 is 0 Å². The SMILES string of the molecule is CCCCc1nc2ccc(Br)cc2c(=O)n1N=Cc1ccc(Oc2ccc([N+](=O)[O-])cn2)c(OC)c1. The molecule has 0 radical (unpaired) electrons. The summed E-state index contributed by atoms with van der Waals surface area (Å²) in [4.78, 5) is 32.1. The number of halogens is 1. The summed E-state index contributed by atoms with van der Waals surface area (Å²) in [6.45, 7) is 2.08. The molecule has 0 saturated carbocycles. The molecule has 2 heterocycles. The number of hydrogen-bond donors (Lipinski definition) is 0. The minimum atomic E-state index is -0.533. The number of rotatable bonds is 9. The number of aromatic nitrogens is 3. The smallest absolute Gasteiger partial charge is 0.287 e.